The molecule has 126 valence electrons. The van der Waals surface area contributed by atoms with Crippen molar-refractivity contribution in [1.29, 1.82) is 0 Å². The number of hydrogen-bond acceptors (Lipinski definition) is 5. The van der Waals surface area contributed by atoms with Crippen LogP contribution >= 0.6 is 15.9 Å². The Bertz CT molecular complexity index is 936. The summed E-state index contributed by atoms with van der Waals surface area (Å²) in [7, 11) is 0. The molecule has 0 fully saturated rings. The summed E-state index contributed by atoms with van der Waals surface area (Å²) in [6, 6.07) is 9.20. The number of allylic oxidation sites excluding steroid dienone is 1. The van der Waals surface area contributed by atoms with Crippen molar-refractivity contribution in [2.24, 2.45) is 0 Å². The summed E-state index contributed by atoms with van der Waals surface area (Å²) in [5, 5.41) is 6.85. The zero-order valence-corrected chi connectivity index (χ0v) is 15.2. The van der Waals surface area contributed by atoms with Crippen molar-refractivity contribution < 1.29 is 9.32 Å². The molecule has 0 saturated heterocycles. The topological polar surface area (TPSA) is 80.9 Å². The molecule has 0 aliphatic carbocycles. The van der Waals surface area contributed by atoms with E-state index in [0.717, 1.165) is 10.0 Å². The molecule has 1 amide bonds. The molecule has 2 aromatic heterocycles. The lowest BCUT2D eigenvalue weighted by Crippen LogP contribution is -2.10. The number of nitrogens with one attached hydrogen (secondary N) is 1. The number of carbonyl (C=O) groups is 1. The minimum absolute atomic E-state index is 0.223. The SMILES string of the molecule is CC=CC(=O)Nc1c(C)cc(Br)cc1-c1nc(-c2ccccn2)no1. The number of rotatable bonds is 4. The molecule has 0 unspecified atom stereocenters. The molecule has 2 heterocycles. The van der Waals surface area contributed by atoms with Gasteiger partial charge in [0.25, 0.3) is 5.89 Å². The number of aryl methyl sites for hydroxylation is 1. The third kappa shape index (κ3) is 3.83. The van der Waals surface area contributed by atoms with Gasteiger partial charge in [-0.1, -0.05) is 33.2 Å². The van der Waals surface area contributed by atoms with Crippen LogP contribution in [0.5, 0.6) is 0 Å². The first-order chi connectivity index (χ1) is 12.1. The Kier molecular flexibility index (Phi) is 5.04. The summed E-state index contributed by atoms with van der Waals surface area (Å²) in [4.78, 5) is 20.6. The number of aromatic nitrogens is 3. The molecular weight excluding hydrogens is 384 g/mol. The van der Waals surface area contributed by atoms with Gasteiger partial charge in [0, 0.05) is 10.7 Å². The molecule has 0 aliphatic heterocycles. The molecular formula is C18H15BrN4O2. The van der Waals surface area contributed by atoms with Crippen molar-refractivity contribution in [2.75, 3.05) is 5.32 Å². The molecule has 0 atom stereocenters. The number of benzene rings is 1. The summed E-state index contributed by atoms with van der Waals surface area (Å²) in [5.41, 5.74) is 2.76. The van der Waals surface area contributed by atoms with Crippen LogP contribution in [0.3, 0.4) is 0 Å². The van der Waals surface area contributed by atoms with Crippen molar-refractivity contribution in [3.05, 3.63) is 58.7 Å². The van der Waals surface area contributed by atoms with Crippen molar-refractivity contribution in [3.8, 4) is 23.0 Å². The van der Waals surface area contributed by atoms with Gasteiger partial charge in [0.15, 0.2) is 0 Å². The van der Waals surface area contributed by atoms with E-state index in [0.29, 0.717) is 28.7 Å². The Balaban J connectivity index is 2.05. The van der Waals surface area contributed by atoms with Gasteiger partial charge in [-0.25, -0.2) is 0 Å². The van der Waals surface area contributed by atoms with Crippen LogP contribution in [0.15, 0.2) is 57.7 Å². The maximum Gasteiger partial charge on any atom is 0.260 e. The monoisotopic (exact) mass is 398 g/mol. The molecule has 1 N–H and O–H groups in total. The van der Waals surface area contributed by atoms with Crippen LogP contribution < -0.4 is 5.32 Å². The number of hydrogen-bond donors (Lipinski definition) is 1. The average molecular weight is 399 g/mol. The largest absolute Gasteiger partial charge is 0.333 e. The van der Waals surface area contributed by atoms with E-state index in [4.69, 9.17) is 4.52 Å². The molecule has 0 spiro atoms. The van der Waals surface area contributed by atoms with Crippen molar-refractivity contribution >= 4 is 27.5 Å². The van der Waals surface area contributed by atoms with Crippen LogP contribution in [-0.2, 0) is 4.79 Å². The zero-order valence-electron chi connectivity index (χ0n) is 13.7. The van der Waals surface area contributed by atoms with Crippen LogP contribution in [0.4, 0.5) is 5.69 Å². The van der Waals surface area contributed by atoms with Gasteiger partial charge in [-0.3, -0.25) is 9.78 Å². The van der Waals surface area contributed by atoms with Gasteiger partial charge in [0.1, 0.15) is 5.69 Å². The first-order valence-electron chi connectivity index (χ1n) is 7.58. The van der Waals surface area contributed by atoms with Crippen LogP contribution in [0.25, 0.3) is 23.0 Å². The van der Waals surface area contributed by atoms with Gasteiger partial charge < -0.3 is 9.84 Å². The minimum atomic E-state index is -0.223. The Hall–Kier alpha value is -2.80. The van der Waals surface area contributed by atoms with E-state index in [-0.39, 0.29) is 5.91 Å². The van der Waals surface area contributed by atoms with Crippen molar-refractivity contribution in [3.63, 3.8) is 0 Å². The lowest BCUT2D eigenvalue weighted by molar-refractivity contribution is -0.111. The number of anilines is 1. The van der Waals surface area contributed by atoms with E-state index < -0.39 is 0 Å². The maximum atomic E-state index is 12.0. The van der Waals surface area contributed by atoms with E-state index in [1.54, 1.807) is 25.3 Å². The lowest BCUT2D eigenvalue weighted by Gasteiger charge is -2.11. The fraction of sp³-hybridized carbons (Fsp3) is 0.111. The minimum Gasteiger partial charge on any atom is -0.333 e. The number of carbonyl (C=O) groups excluding carboxylic acids is 1. The van der Waals surface area contributed by atoms with Crippen LogP contribution in [-0.4, -0.2) is 21.0 Å². The van der Waals surface area contributed by atoms with Crippen molar-refractivity contribution in [2.45, 2.75) is 13.8 Å². The summed E-state index contributed by atoms with van der Waals surface area (Å²) < 4.78 is 6.25. The highest BCUT2D eigenvalue weighted by Gasteiger charge is 2.18. The second-order valence-corrected chi connectivity index (χ2v) is 6.19. The molecule has 3 rings (SSSR count). The summed E-state index contributed by atoms with van der Waals surface area (Å²) in [5.74, 6) is 0.471. The highest BCUT2D eigenvalue weighted by Crippen LogP contribution is 2.34. The molecule has 7 heteroatoms. The lowest BCUT2D eigenvalue weighted by atomic mass is 10.1. The Morgan fingerprint density at radius 3 is 2.88 bits per heavy atom. The fourth-order valence-corrected chi connectivity index (χ4v) is 2.90. The third-order valence-electron chi connectivity index (χ3n) is 3.42. The quantitative estimate of drug-likeness (QED) is 0.659. The highest BCUT2D eigenvalue weighted by molar-refractivity contribution is 9.10. The number of nitrogens with zero attached hydrogens (tertiary/aromatic N) is 3. The highest BCUT2D eigenvalue weighted by atomic mass is 79.9. The average Bonchev–Trinajstić information content (AvgIpc) is 3.08. The van der Waals surface area contributed by atoms with Gasteiger partial charge in [-0.2, -0.15) is 4.98 Å². The predicted octanol–water partition coefficient (Wildman–Crippen LogP) is 4.38. The van der Waals surface area contributed by atoms with Gasteiger partial charge >= 0.3 is 0 Å². The number of amides is 1. The molecule has 0 aliphatic rings. The van der Waals surface area contributed by atoms with E-state index >= 15 is 0 Å². The predicted molar refractivity (Wildman–Crippen MR) is 98.8 cm³/mol. The normalized spacial score (nSPS) is 11.0. The van der Waals surface area contributed by atoms with Gasteiger partial charge in [0.2, 0.25) is 11.7 Å². The van der Waals surface area contributed by atoms with Crippen LogP contribution in [0.1, 0.15) is 12.5 Å². The molecule has 1 aromatic carbocycles. The van der Waals surface area contributed by atoms with Gasteiger partial charge in [0.05, 0.1) is 11.3 Å². The number of halogens is 1. The van der Waals surface area contributed by atoms with Gasteiger partial charge in [-0.05, 0) is 49.8 Å². The Labute approximate surface area is 153 Å². The van der Waals surface area contributed by atoms with Crippen LogP contribution in [0.2, 0.25) is 0 Å². The molecule has 0 saturated carbocycles. The van der Waals surface area contributed by atoms with E-state index in [1.165, 1.54) is 6.08 Å². The standard InChI is InChI=1S/C18H15BrN4O2/c1-3-6-15(24)21-16-11(2)9-12(19)10-13(16)18-22-17(23-25-18)14-7-4-5-8-20-14/h3-10H,1-2H3,(H,21,24). The molecule has 25 heavy (non-hydrogen) atoms. The summed E-state index contributed by atoms with van der Waals surface area (Å²) >= 11 is 3.46. The van der Waals surface area contributed by atoms with E-state index in [9.17, 15) is 4.79 Å². The van der Waals surface area contributed by atoms with Crippen molar-refractivity contribution in [1.82, 2.24) is 15.1 Å². The second kappa shape index (κ2) is 7.40. The Morgan fingerprint density at radius 1 is 1.32 bits per heavy atom. The third-order valence-corrected chi connectivity index (χ3v) is 3.87. The smallest absolute Gasteiger partial charge is 0.260 e. The first kappa shape index (κ1) is 17.0. The molecule has 0 radical (unpaired) electrons. The maximum absolute atomic E-state index is 12.0. The summed E-state index contributed by atoms with van der Waals surface area (Å²) in [6.07, 6.45) is 4.80. The molecule has 3 aromatic rings. The zero-order chi connectivity index (χ0) is 17.8. The first-order valence-corrected chi connectivity index (χ1v) is 8.37. The number of pyridine rings is 1. The van der Waals surface area contributed by atoms with E-state index in [1.807, 2.05) is 31.2 Å². The summed E-state index contributed by atoms with van der Waals surface area (Å²) in [6.45, 7) is 3.68. The Morgan fingerprint density at radius 2 is 2.16 bits per heavy atom. The van der Waals surface area contributed by atoms with Crippen LogP contribution in [0, 0.1) is 6.92 Å². The second-order valence-electron chi connectivity index (χ2n) is 5.27. The molecule has 0 bridgehead atoms. The molecule has 6 nitrogen and oxygen atoms in total. The van der Waals surface area contributed by atoms with E-state index in [2.05, 4.69) is 36.4 Å². The fourth-order valence-electron chi connectivity index (χ4n) is 2.33. The van der Waals surface area contributed by atoms with Gasteiger partial charge in [-0.15, -0.1) is 0 Å².